The van der Waals surface area contributed by atoms with Gasteiger partial charge >= 0.3 is 5.97 Å². The molecule has 1 aliphatic carbocycles. The standard InChI is InChI=1S/C16H20O4/c1-15(2,10-14(17)18)11-5-6-12-13(9-11)20-16(19-12)7-3-4-8-16/h5-6,9H,3-4,7-8,10H2,1-2H3,(H,17,18). The second-order valence-electron chi connectivity index (χ2n) is 6.44. The summed E-state index contributed by atoms with van der Waals surface area (Å²) >= 11 is 0. The zero-order valence-electron chi connectivity index (χ0n) is 11.9. The van der Waals surface area contributed by atoms with Crippen molar-refractivity contribution in [1.82, 2.24) is 0 Å². The van der Waals surface area contributed by atoms with E-state index in [1.165, 1.54) is 0 Å². The van der Waals surface area contributed by atoms with Gasteiger partial charge in [0, 0.05) is 18.3 Å². The Morgan fingerprint density at radius 3 is 2.55 bits per heavy atom. The van der Waals surface area contributed by atoms with E-state index < -0.39 is 17.2 Å². The molecular formula is C16H20O4. The minimum atomic E-state index is -0.792. The molecule has 0 bridgehead atoms. The fourth-order valence-corrected chi connectivity index (χ4v) is 3.11. The third-order valence-electron chi connectivity index (χ3n) is 4.28. The zero-order chi connectivity index (χ0) is 14.4. The first kappa shape index (κ1) is 13.3. The Morgan fingerprint density at radius 2 is 1.90 bits per heavy atom. The summed E-state index contributed by atoms with van der Waals surface area (Å²) in [5.74, 6) is 0.280. The van der Waals surface area contributed by atoms with Crippen LogP contribution in [0, 0.1) is 0 Å². The lowest BCUT2D eigenvalue weighted by Gasteiger charge is -2.23. The van der Waals surface area contributed by atoms with E-state index >= 15 is 0 Å². The minimum Gasteiger partial charge on any atom is -0.481 e. The maximum atomic E-state index is 11.0. The molecule has 1 saturated carbocycles. The molecule has 4 heteroatoms. The zero-order valence-corrected chi connectivity index (χ0v) is 11.9. The van der Waals surface area contributed by atoms with Crippen molar-refractivity contribution in [2.24, 2.45) is 0 Å². The summed E-state index contributed by atoms with van der Waals surface area (Å²) in [5.41, 5.74) is 0.549. The van der Waals surface area contributed by atoms with Crippen LogP contribution in [0.5, 0.6) is 11.5 Å². The monoisotopic (exact) mass is 276 g/mol. The van der Waals surface area contributed by atoms with Crippen molar-refractivity contribution in [3.63, 3.8) is 0 Å². The molecule has 1 spiro atoms. The van der Waals surface area contributed by atoms with Crippen molar-refractivity contribution in [2.75, 3.05) is 0 Å². The van der Waals surface area contributed by atoms with E-state index in [1.54, 1.807) is 0 Å². The second kappa shape index (κ2) is 4.40. The summed E-state index contributed by atoms with van der Waals surface area (Å²) in [4.78, 5) is 11.0. The molecule has 0 atom stereocenters. The average molecular weight is 276 g/mol. The van der Waals surface area contributed by atoms with Crippen molar-refractivity contribution in [2.45, 2.75) is 57.2 Å². The molecule has 0 amide bonds. The van der Waals surface area contributed by atoms with Crippen LogP contribution in [0.3, 0.4) is 0 Å². The highest BCUT2D eigenvalue weighted by atomic mass is 16.7. The van der Waals surface area contributed by atoms with Gasteiger partial charge in [0.15, 0.2) is 11.5 Å². The maximum Gasteiger partial charge on any atom is 0.304 e. The molecular weight excluding hydrogens is 256 g/mol. The summed E-state index contributed by atoms with van der Waals surface area (Å²) in [6, 6.07) is 5.78. The maximum absolute atomic E-state index is 11.0. The number of fused-ring (bicyclic) bond motifs is 1. The van der Waals surface area contributed by atoms with Crippen LogP contribution in [0.1, 0.15) is 51.5 Å². The number of benzene rings is 1. The number of carbonyl (C=O) groups is 1. The summed E-state index contributed by atoms with van der Waals surface area (Å²) in [6.07, 6.45) is 4.21. The number of rotatable bonds is 3. The van der Waals surface area contributed by atoms with E-state index in [9.17, 15) is 4.79 Å². The number of ether oxygens (including phenoxy) is 2. The molecule has 0 unspecified atom stereocenters. The fraction of sp³-hybridized carbons (Fsp3) is 0.562. The van der Waals surface area contributed by atoms with Gasteiger partial charge in [0.25, 0.3) is 5.79 Å². The van der Waals surface area contributed by atoms with E-state index in [4.69, 9.17) is 14.6 Å². The molecule has 20 heavy (non-hydrogen) atoms. The van der Waals surface area contributed by atoms with E-state index in [0.717, 1.165) is 42.7 Å². The topological polar surface area (TPSA) is 55.8 Å². The van der Waals surface area contributed by atoms with Crippen molar-refractivity contribution < 1.29 is 19.4 Å². The van der Waals surface area contributed by atoms with Crippen molar-refractivity contribution in [3.8, 4) is 11.5 Å². The summed E-state index contributed by atoms with van der Waals surface area (Å²) in [7, 11) is 0. The first-order valence-electron chi connectivity index (χ1n) is 7.15. The van der Waals surface area contributed by atoms with Crippen LogP contribution in [0.2, 0.25) is 0 Å². The Bertz CT molecular complexity index is 541. The van der Waals surface area contributed by atoms with Crippen LogP contribution in [-0.4, -0.2) is 16.9 Å². The Kier molecular flexibility index (Phi) is 2.92. The van der Waals surface area contributed by atoms with Gasteiger partial charge in [-0.05, 0) is 30.5 Å². The molecule has 0 radical (unpaired) electrons. The Morgan fingerprint density at radius 1 is 1.25 bits per heavy atom. The molecule has 0 aromatic heterocycles. The van der Waals surface area contributed by atoms with Crippen molar-refractivity contribution in [3.05, 3.63) is 23.8 Å². The Hall–Kier alpha value is -1.71. The molecule has 2 aliphatic rings. The van der Waals surface area contributed by atoms with Crippen molar-refractivity contribution >= 4 is 5.97 Å². The molecule has 4 nitrogen and oxygen atoms in total. The smallest absolute Gasteiger partial charge is 0.304 e. The largest absolute Gasteiger partial charge is 0.481 e. The highest BCUT2D eigenvalue weighted by molar-refractivity contribution is 5.69. The van der Waals surface area contributed by atoms with Crippen LogP contribution < -0.4 is 9.47 Å². The van der Waals surface area contributed by atoms with Gasteiger partial charge in [-0.15, -0.1) is 0 Å². The van der Waals surface area contributed by atoms with Gasteiger partial charge in [-0.3, -0.25) is 4.79 Å². The lowest BCUT2D eigenvalue weighted by Crippen LogP contribution is -2.34. The first-order valence-corrected chi connectivity index (χ1v) is 7.15. The van der Waals surface area contributed by atoms with Crippen LogP contribution in [0.15, 0.2) is 18.2 Å². The molecule has 1 aliphatic heterocycles. The van der Waals surface area contributed by atoms with E-state index in [0.29, 0.717) is 0 Å². The molecule has 0 saturated heterocycles. The van der Waals surface area contributed by atoms with Gasteiger partial charge < -0.3 is 14.6 Å². The highest BCUT2D eigenvalue weighted by Crippen LogP contribution is 2.47. The Balaban J connectivity index is 1.87. The predicted octanol–water partition coefficient (Wildman–Crippen LogP) is 3.48. The predicted molar refractivity (Wildman–Crippen MR) is 74.2 cm³/mol. The van der Waals surface area contributed by atoms with Gasteiger partial charge in [0.2, 0.25) is 0 Å². The fourth-order valence-electron chi connectivity index (χ4n) is 3.11. The number of carboxylic acid groups (broad SMARTS) is 1. The molecule has 1 aromatic rings. The number of hydrogen-bond acceptors (Lipinski definition) is 3. The number of carboxylic acids is 1. The quantitative estimate of drug-likeness (QED) is 0.918. The third kappa shape index (κ3) is 2.23. The van der Waals surface area contributed by atoms with Gasteiger partial charge in [-0.25, -0.2) is 0 Å². The summed E-state index contributed by atoms with van der Waals surface area (Å²) in [5, 5.41) is 9.02. The number of hydrogen-bond donors (Lipinski definition) is 1. The molecule has 1 heterocycles. The van der Waals surface area contributed by atoms with Gasteiger partial charge in [0.05, 0.1) is 6.42 Å². The van der Waals surface area contributed by atoms with Crippen LogP contribution >= 0.6 is 0 Å². The average Bonchev–Trinajstić information content (AvgIpc) is 2.93. The van der Waals surface area contributed by atoms with E-state index in [2.05, 4.69) is 0 Å². The lowest BCUT2D eigenvalue weighted by molar-refractivity contribution is -0.138. The van der Waals surface area contributed by atoms with E-state index in [-0.39, 0.29) is 6.42 Å². The van der Waals surface area contributed by atoms with Gasteiger partial charge in [-0.1, -0.05) is 19.9 Å². The van der Waals surface area contributed by atoms with Crippen LogP contribution in [-0.2, 0) is 10.2 Å². The van der Waals surface area contributed by atoms with Gasteiger partial charge in [0.1, 0.15) is 0 Å². The highest BCUT2D eigenvalue weighted by Gasteiger charge is 2.44. The second-order valence-corrected chi connectivity index (χ2v) is 6.44. The summed E-state index contributed by atoms with van der Waals surface area (Å²) < 4.78 is 12.0. The first-order chi connectivity index (χ1) is 9.40. The molecule has 108 valence electrons. The normalized spacial score (nSPS) is 19.5. The summed E-state index contributed by atoms with van der Waals surface area (Å²) in [6.45, 7) is 3.87. The molecule has 1 N–H and O–H groups in total. The SMILES string of the molecule is CC(C)(CC(=O)O)c1ccc2c(c1)OC1(CCCC1)O2. The number of aliphatic carboxylic acids is 1. The molecule has 1 fully saturated rings. The Labute approximate surface area is 118 Å². The molecule has 1 aromatic carbocycles. The van der Waals surface area contributed by atoms with Crippen molar-refractivity contribution in [1.29, 1.82) is 0 Å². The van der Waals surface area contributed by atoms with E-state index in [1.807, 2.05) is 32.0 Å². The lowest BCUT2D eigenvalue weighted by atomic mass is 9.81. The van der Waals surface area contributed by atoms with Gasteiger partial charge in [-0.2, -0.15) is 0 Å². The third-order valence-corrected chi connectivity index (χ3v) is 4.28. The van der Waals surface area contributed by atoms with Crippen LogP contribution in [0.4, 0.5) is 0 Å². The van der Waals surface area contributed by atoms with Crippen LogP contribution in [0.25, 0.3) is 0 Å². The minimum absolute atomic E-state index is 0.0950. The molecule has 3 rings (SSSR count).